The van der Waals surface area contributed by atoms with Crippen molar-refractivity contribution in [1.29, 1.82) is 0 Å². The topological polar surface area (TPSA) is 18.8 Å². The number of hydrogen-bond acceptors (Lipinski definition) is 3. The predicted molar refractivity (Wildman–Crippen MR) is 75.9 cm³/mol. The van der Waals surface area contributed by atoms with E-state index >= 15 is 0 Å². The molecule has 0 N–H and O–H groups in total. The van der Waals surface area contributed by atoms with E-state index in [4.69, 9.17) is 0 Å². The van der Waals surface area contributed by atoms with E-state index in [1.165, 1.54) is 11.3 Å². The van der Waals surface area contributed by atoms with Crippen LogP contribution in [0.4, 0.5) is 5.69 Å². The second kappa shape index (κ2) is 6.28. The molecule has 3 nitrogen and oxygen atoms in total. The highest BCUT2D eigenvalue weighted by molar-refractivity contribution is 5.99. The van der Waals surface area contributed by atoms with Crippen LogP contribution in [0, 0.1) is 0 Å². The van der Waals surface area contributed by atoms with Gasteiger partial charge in [-0.3, -0.25) is 5.01 Å². The molecule has 0 aliphatic rings. The van der Waals surface area contributed by atoms with E-state index in [2.05, 4.69) is 74.1 Å². The maximum Gasteiger partial charge on any atom is 0.0647 e. The summed E-state index contributed by atoms with van der Waals surface area (Å²) in [5.41, 5.74) is 3.46. The molecule has 0 aliphatic heterocycles. The molecule has 0 radical (unpaired) electrons. The highest BCUT2D eigenvalue weighted by atomic mass is 15.4. The highest BCUT2D eigenvalue weighted by Gasteiger charge is 2.02. The zero-order valence-electron chi connectivity index (χ0n) is 11.6. The number of nitrogens with zero attached hydrogens (tertiary/aromatic N) is 3. The molecule has 1 aromatic carbocycles. The Balaban J connectivity index is 2.95. The minimum atomic E-state index is 0.946. The SMILES string of the molecule is CCN(CC)N=C(C)c1cccc(N(C)C)c1. The molecule has 0 amide bonds. The zero-order valence-corrected chi connectivity index (χ0v) is 11.6. The van der Waals surface area contributed by atoms with Crippen LogP contribution in [-0.2, 0) is 0 Å². The zero-order chi connectivity index (χ0) is 12.8. The summed E-state index contributed by atoms with van der Waals surface area (Å²) in [6.45, 7) is 8.20. The predicted octanol–water partition coefficient (Wildman–Crippen LogP) is 2.82. The molecule has 0 saturated heterocycles. The molecule has 0 unspecified atom stereocenters. The normalized spacial score (nSPS) is 11.5. The summed E-state index contributed by atoms with van der Waals surface area (Å²) < 4.78 is 0. The minimum Gasteiger partial charge on any atom is -0.378 e. The van der Waals surface area contributed by atoms with Gasteiger partial charge >= 0.3 is 0 Å². The summed E-state index contributed by atoms with van der Waals surface area (Å²) in [5.74, 6) is 0. The Bertz CT molecular complexity index is 379. The van der Waals surface area contributed by atoms with E-state index in [-0.39, 0.29) is 0 Å². The molecule has 0 spiro atoms. The molecule has 3 heteroatoms. The average molecular weight is 233 g/mol. The van der Waals surface area contributed by atoms with Crippen LogP contribution in [0.3, 0.4) is 0 Å². The molecular formula is C14H23N3. The Morgan fingerprint density at radius 3 is 2.35 bits per heavy atom. The number of anilines is 1. The standard InChI is InChI=1S/C14H23N3/c1-6-17(7-2)15-12(3)13-9-8-10-14(11-13)16(4)5/h8-11H,6-7H2,1-5H3. The van der Waals surface area contributed by atoms with Crippen LogP contribution in [0.5, 0.6) is 0 Å². The first-order valence-electron chi connectivity index (χ1n) is 6.16. The van der Waals surface area contributed by atoms with Crippen molar-refractivity contribution < 1.29 is 0 Å². The van der Waals surface area contributed by atoms with Gasteiger partial charge in [0.2, 0.25) is 0 Å². The molecule has 94 valence electrons. The Labute approximate surface area is 105 Å². The molecule has 0 atom stereocenters. The van der Waals surface area contributed by atoms with Crippen molar-refractivity contribution in [2.24, 2.45) is 5.10 Å². The summed E-state index contributed by atoms with van der Waals surface area (Å²) in [6, 6.07) is 8.46. The van der Waals surface area contributed by atoms with Crippen molar-refractivity contribution >= 4 is 11.4 Å². The highest BCUT2D eigenvalue weighted by Crippen LogP contribution is 2.14. The second-order valence-corrected chi connectivity index (χ2v) is 4.27. The van der Waals surface area contributed by atoms with Crippen LogP contribution in [0.2, 0.25) is 0 Å². The third-order valence-electron chi connectivity index (χ3n) is 2.80. The second-order valence-electron chi connectivity index (χ2n) is 4.27. The first-order chi connectivity index (χ1) is 8.08. The van der Waals surface area contributed by atoms with Crippen molar-refractivity contribution in [3.05, 3.63) is 29.8 Å². The van der Waals surface area contributed by atoms with E-state index in [9.17, 15) is 0 Å². The van der Waals surface area contributed by atoms with Gasteiger partial charge in [-0.1, -0.05) is 12.1 Å². The van der Waals surface area contributed by atoms with Gasteiger partial charge in [-0.2, -0.15) is 5.10 Å². The molecule has 0 heterocycles. The van der Waals surface area contributed by atoms with E-state index in [1.54, 1.807) is 0 Å². The number of benzene rings is 1. The lowest BCUT2D eigenvalue weighted by atomic mass is 10.1. The Morgan fingerprint density at radius 1 is 1.18 bits per heavy atom. The average Bonchev–Trinajstić information content (AvgIpc) is 2.35. The van der Waals surface area contributed by atoms with Crippen LogP contribution >= 0.6 is 0 Å². The van der Waals surface area contributed by atoms with Gasteiger partial charge in [0.15, 0.2) is 0 Å². The van der Waals surface area contributed by atoms with Crippen LogP contribution < -0.4 is 4.90 Å². The summed E-state index contributed by atoms with van der Waals surface area (Å²) in [4.78, 5) is 2.11. The third kappa shape index (κ3) is 3.77. The van der Waals surface area contributed by atoms with E-state index in [0.717, 1.165) is 18.8 Å². The molecule has 0 aromatic heterocycles. The number of hydrogen-bond donors (Lipinski definition) is 0. The van der Waals surface area contributed by atoms with Gasteiger partial charge in [-0.05, 0) is 38.5 Å². The van der Waals surface area contributed by atoms with Crippen LogP contribution in [0.15, 0.2) is 29.4 Å². The van der Waals surface area contributed by atoms with Gasteiger partial charge in [0, 0.05) is 32.9 Å². The summed E-state index contributed by atoms with van der Waals surface area (Å²) in [5, 5.41) is 6.68. The van der Waals surface area contributed by atoms with Gasteiger partial charge in [0.1, 0.15) is 0 Å². The van der Waals surface area contributed by atoms with Gasteiger partial charge in [0.25, 0.3) is 0 Å². The van der Waals surface area contributed by atoms with Crippen LogP contribution in [0.25, 0.3) is 0 Å². The molecule has 17 heavy (non-hydrogen) atoms. The largest absolute Gasteiger partial charge is 0.378 e. The molecular weight excluding hydrogens is 210 g/mol. The molecule has 1 aromatic rings. The third-order valence-corrected chi connectivity index (χ3v) is 2.80. The van der Waals surface area contributed by atoms with Crippen LogP contribution in [0.1, 0.15) is 26.3 Å². The lowest BCUT2D eigenvalue weighted by molar-refractivity contribution is 0.321. The lowest BCUT2D eigenvalue weighted by Gasteiger charge is -2.17. The van der Waals surface area contributed by atoms with Gasteiger partial charge in [-0.15, -0.1) is 0 Å². The fraction of sp³-hybridized carbons (Fsp3) is 0.500. The fourth-order valence-electron chi connectivity index (χ4n) is 1.64. The smallest absolute Gasteiger partial charge is 0.0647 e. The Hall–Kier alpha value is -1.51. The van der Waals surface area contributed by atoms with Gasteiger partial charge < -0.3 is 4.90 Å². The van der Waals surface area contributed by atoms with Crippen molar-refractivity contribution in [1.82, 2.24) is 5.01 Å². The minimum absolute atomic E-state index is 0.946. The summed E-state index contributed by atoms with van der Waals surface area (Å²) in [6.07, 6.45) is 0. The van der Waals surface area contributed by atoms with Gasteiger partial charge in [-0.25, -0.2) is 0 Å². The van der Waals surface area contributed by atoms with Crippen molar-refractivity contribution in [2.75, 3.05) is 32.1 Å². The lowest BCUT2D eigenvalue weighted by Crippen LogP contribution is -2.18. The van der Waals surface area contributed by atoms with Crippen LogP contribution in [-0.4, -0.2) is 37.9 Å². The summed E-state index contributed by atoms with van der Waals surface area (Å²) in [7, 11) is 4.10. The number of hydrazone groups is 1. The molecule has 0 bridgehead atoms. The first kappa shape index (κ1) is 13.6. The maximum atomic E-state index is 4.62. The van der Waals surface area contributed by atoms with Gasteiger partial charge in [0.05, 0.1) is 5.71 Å². The summed E-state index contributed by atoms with van der Waals surface area (Å²) >= 11 is 0. The maximum absolute atomic E-state index is 4.62. The quantitative estimate of drug-likeness (QED) is 0.575. The van der Waals surface area contributed by atoms with Crippen molar-refractivity contribution in [3.8, 4) is 0 Å². The number of rotatable bonds is 5. The van der Waals surface area contributed by atoms with Crippen molar-refractivity contribution in [3.63, 3.8) is 0 Å². The van der Waals surface area contributed by atoms with Crippen molar-refractivity contribution in [2.45, 2.75) is 20.8 Å². The molecule has 0 aliphatic carbocycles. The van der Waals surface area contributed by atoms with E-state index < -0.39 is 0 Å². The Morgan fingerprint density at radius 2 is 1.82 bits per heavy atom. The molecule has 1 rings (SSSR count). The van der Waals surface area contributed by atoms with E-state index in [0.29, 0.717) is 0 Å². The van der Waals surface area contributed by atoms with E-state index in [1.807, 2.05) is 0 Å². The first-order valence-corrected chi connectivity index (χ1v) is 6.16. The molecule has 0 saturated carbocycles. The monoisotopic (exact) mass is 233 g/mol. The fourth-order valence-corrected chi connectivity index (χ4v) is 1.64. The molecule has 0 fully saturated rings. The Kier molecular flexibility index (Phi) is 5.01.